The molecule has 1 N–H and O–H groups in total. The van der Waals surface area contributed by atoms with Crippen molar-refractivity contribution in [3.63, 3.8) is 0 Å². The number of fused-ring (bicyclic) bond motifs is 2. The number of aromatic nitrogens is 1. The molecule has 33 heavy (non-hydrogen) atoms. The van der Waals surface area contributed by atoms with E-state index < -0.39 is 0 Å². The molecular weight excluding hydrogens is 436 g/mol. The van der Waals surface area contributed by atoms with E-state index in [2.05, 4.69) is 26.1 Å². The molecule has 0 aliphatic heterocycles. The van der Waals surface area contributed by atoms with Gasteiger partial charge in [-0.05, 0) is 49.1 Å². The van der Waals surface area contributed by atoms with E-state index in [0.29, 0.717) is 22.0 Å². The number of hydrogen-bond acceptors (Lipinski definition) is 5. The number of anilines is 1. The van der Waals surface area contributed by atoms with Gasteiger partial charge in [0.15, 0.2) is 6.29 Å². The van der Waals surface area contributed by atoms with Crippen molar-refractivity contribution in [2.24, 2.45) is 11.3 Å². The molecule has 1 aromatic carbocycles. The maximum atomic E-state index is 13.0. The van der Waals surface area contributed by atoms with E-state index in [1.54, 1.807) is 17.7 Å². The zero-order valence-corrected chi connectivity index (χ0v) is 20.4. The van der Waals surface area contributed by atoms with Crippen LogP contribution in [0.15, 0.2) is 30.5 Å². The SMILES string of the molecule is CCOC(=O)c1c(NC(=O)Cn2cc(C=O)c3ccccc32)sc2c1CC[C@H](C(C)(C)C)C2. The van der Waals surface area contributed by atoms with Gasteiger partial charge in [0.25, 0.3) is 0 Å². The first kappa shape index (κ1) is 23.2. The molecule has 0 radical (unpaired) electrons. The summed E-state index contributed by atoms with van der Waals surface area (Å²) in [6.45, 7) is 8.86. The number of amides is 1. The third-order valence-corrected chi connectivity index (χ3v) is 7.65. The summed E-state index contributed by atoms with van der Waals surface area (Å²) in [6.07, 6.45) is 5.21. The van der Waals surface area contributed by atoms with Gasteiger partial charge >= 0.3 is 5.97 Å². The Hall–Kier alpha value is -2.93. The predicted octanol–water partition coefficient (Wildman–Crippen LogP) is 5.48. The third kappa shape index (κ3) is 4.60. The zero-order valence-electron chi connectivity index (χ0n) is 19.6. The zero-order chi connectivity index (χ0) is 23.8. The number of thiophene rings is 1. The predicted molar refractivity (Wildman–Crippen MR) is 131 cm³/mol. The van der Waals surface area contributed by atoms with Crippen LogP contribution in [0.5, 0.6) is 0 Å². The average molecular weight is 467 g/mol. The number of rotatable bonds is 6. The number of ether oxygens (including phenoxy) is 1. The second kappa shape index (κ2) is 9.14. The number of para-hydroxylation sites is 1. The van der Waals surface area contributed by atoms with E-state index in [-0.39, 0.29) is 30.4 Å². The van der Waals surface area contributed by atoms with E-state index in [1.165, 1.54) is 11.3 Å². The number of hydrogen-bond donors (Lipinski definition) is 1. The summed E-state index contributed by atoms with van der Waals surface area (Å²) in [4.78, 5) is 38.4. The van der Waals surface area contributed by atoms with E-state index in [0.717, 1.165) is 46.9 Å². The van der Waals surface area contributed by atoms with Crippen LogP contribution in [0, 0.1) is 11.3 Å². The quantitative estimate of drug-likeness (QED) is 0.385. The Kier molecular flexibility index (Phi) is 6.43. The second-order valence-electron chi connectivity index (χ2n) is 9.63. The van der Waals surface area contributed by atoms with Gasteiger partial charge in [0.05, 0.1) is 12.2 Å². The van der Waals surface area contributed by atoms with Crippen LogP contribution in [-0.4, -0.2) is 29.3 Å². The molecule has 1 amide bonds. The lowest BCUT2D eigenvalue weighted by Gasteiger charge is -2.33. The molecule has 6 nitrogen and oxygen atoms in total. The first-order valence-corrected chi connectivity index (χ1v) is 12.2. The molecule has 0 saturated carbocycles. The van der Waals surface area contributed by atoms with Gasteiger partial charge in [-0.1, -0.05) is 39.0 Å². The fraction of sp³-hybridized carbons (Fsp3) is 0.423. The van der Waals surface area contributed by atoms with Crippen molar-refractivity contribution in [2.75, 3.05) is 11.9 Å². The Bertz CT molecular complexity index is 1220. The van der Waals surface area contributed by atoms with Crippen molar-refractivity contribution in [2.45, 2.75) is 53.5 Å². The van der Waals surface area contributed by atoms with Crippen molar-refractivity contribution >= 4 is 45.4 Å². The first-order valence-electron chi connectivity index (χ1n) is 11.4. The second-order valence-corrected chi connectivity index (χ2v) is 10.7. The monoisotopic (exact) mass is 466 g/mol. The fourth-order valence-corrected chi connectivity index (χ4v) is 5.98. The molecule has 4 rings (SSSR count). The molecular formula is C26H30N2O4S. The number of carbonyl (C=O) groups is 3. The normalized spacial score (nSPS) is 15.8. The highest BCUT2D eigenvalue weighted by Gasteiger charge is 2.34. The molecule has 0 bridgehead atoms. The number of carbonyl (C=O) groups excluding carboxylic acids is 3. The van der Waals surface area contributed by atoms with Crippen LogP contribution in [-0.2, 0) is 28.9 Å². The lowest BCUT2D eigenvalue weighted by molar-refractivity contribution is -0.116. The van der Waals surface area contributed by atoms with E-state index in [9.17, 15) is 14.4 Å². The van der Waals surface area contributed by atoms with Crippen LogP contribution in [0.25, 0.3) is 10.9 Å². The summed E-state index contributed by atoms with van der Waals surface area (Å²) in [5.74, 6) is -0.103. The molecule has 0 fully saturated rings. The van der Waals surface area contributed by atoms with Crippen LogP contribution in [0.4, 0.5) is 5.00 Å². The lowest BCUT2D eigenvalue weighted by atomic mass is 9.72. The van der Waals surface area contributed by atoms with Crippen LogP contribution < -0.4 is 5.32 Å². The summed E-state index contributed by atoms with van der Waals surface area (Å²) < 4.78 is 7.10. The minimum absolute atomic E-state index is 0.0454. The Morgan fingerprint density at radius 2 is 2.03 bits per heavy atom. The number of aldehydes is 1. The molecule has 7 heteroatoms. The molecule has 0 spiro atoms. The smallest absolute Gasteiger partial charge is 0.341 e. The van der Waals surface area contributed by atoms with Crippen LogP contribution in [0.3, 0.4) is 0 Å². The van der Waals surface area contributed by atoms with Crippen molar-refractivity contribution < 1.29 is 19.1 Å². The van der Waals surface area contributed by atoms with Gasteiger partial charge in [-0.15, -0.1) is 11.3 Å². The number of benzene rings is 1. The summed E-state index contributed by atoms with van der Waals surface area (Å²) in [5, 5.41) is 4.34. The van der Waals surface area contributed by atoms with Gasteiger partial charge in [-0.3, -0.25) is 9.59 Å². The molecule has 2 aromatic heterocycles. The minimum Gasteiger partial charge on any atom is -0.462 e. The number of nitrogens with one attached hydrogen (secondary N) is 1. The molecule has 1 atom stereocenters. The van der Waals surface area contributed by atoms with Crippen molar-refractivity contribution in [3.05, 3.63) is 52.0 Å². The Labute approximate surface area is 197 Å². The summed E-state index contributed by atoms with van der Waals surface area (Å²) in [5.41, 5.74) is 3.07. The molecule has 0 unspecified atom stereocenters. The van der Waals surface area contributed by atoms with Crippen LogP contribution in [0.1, 0.15) is 65.3 Å². The number of esters is 1. The largest absolute Gasteiger partial charge is 0.462 e. The fourth-order valence-electron chi connectivity index (χ4n) is 4.65. The lowest BCUT2D eigenvalue weighted by Crippen LogP contribution is -2.26. The van der Waals surface area contributed by atoms with Gasteiger partial charge in [-0.2, -0.15) is 0 Å². The van der Waals surface area contributed by atoms with Crippen molar-refractivity contribution in [3.8, 4) is 0 Å². The average Bonchev–Trinajstić information content (AvgIpc) is 3.30. The first-order chi connectivity index (χ1) is 15.7. The summed E-state index contributed by atoms with van der Waals surface area (Å²) in [7, 11) is 0. The van der Waals surface area contributed by atoms with Crippen LogP contribution in [0.2, 0.25) is 0 Å². The highest BCUT2D eigenvalue weighted by Crippen LogP contribution is 2.44. The highest BCUT2D eigenvalue weighted by atomic mass is 32.1. The molecule has 3 aromatic rings. The van der Waals surface area contributed by atoms with Crippen molar-refractivity contribution in [1.29, 1.82) is 0 Å². The third-order valence-electron chi connectivity index (χ3n) is 6.48. The van der Waals surface area contributed by atoms with Gasteiger partial charge in [-0.25, -0.2) is 4.79 Å². The summed E-state index contributed by atoms with van der Waals surface area (Å²) >= 11 is 1.49. The maximum absolute atomic E-state index is 13.0. The van der Waals surface area contributed by atoms with Gasteiger partial charge in [0.2, 0.25) is 5.91 Å². The molecule has 1 aliphatic rings. The molecule has 174 valence electrons. The maximum Gasteiger partial charge on any atom is 0.341 e. The Morgan fingerprint density at radius 1 is 1.27 bits per heavy atom. The van der Waals surface area contributed by atoms with E-state index >= 15 is 0 Å². The molecule has 2 heterocycles. The molecule has 0 saturated heterocycles. The van der Waals surface area contributed by atoms with E-state index in [4.69, 9.17) is 4.74 Å². The van der Waals surface area contributed by atoms with Gasteiger partial charge in [0.1, 0.15) is 11.5 Å². The van der Waals surface area contributed by atoms with Crippen molar-refractivity contribution in [1.82, 2.24) is 4.57 Å². The Morgan fingerprint density at radius 3 is 2.73 bits per heavy atom. The molecule has 1 aliphatic carbocycles. The van der Waals surface area contributed by atoms with Gasteiger partial charge in [0, 0.05) is 27.5 Å². The Balaban J connectivity index is 1.62. The minimum atomic E-state index is -0.380. The van der Waals surface area contributed by atoms with Crippen LogP contribution >= 0.6 is 11.3 Å². The van der Waals surface area contributed by atoms with Gasteiger partial charge < -0.3 is 14.6 Å². The highest BCUT2D eigenvalue weighted by molar-refractivity contribution is 7.17. The number of nitrogens with zero attached hydrogens (tertiary/aromatic N) is 1. The van der Waals surface area contributed by atoms with E-state index in [1.807, 2.05) is 24.3 Å². The topological polar surface area (TPSA) is 77.4 Å². The standard InChI is InChI=1S/C26H30N2O4S/c1-5-32-25(31)23-19-11-10-17(26(2,3)4)12-21(19)33-24(23)27-22(30)14-28-13-16(15-29)18-8-6-7-9-20(18)28/h6-9,13,15,17H,5,10-12,14H2,1-4H3,(H,27,30)/t17-/m0/s1. The summed E-state index contributed by atoms with van der Waals surface area (Å²) in [6, 6.07) is 7.50.